The summed E-state index contributed by atoms with van der Waals surface area (Å²) in [6, 6.07) is 0.425. The van der Waals surface area contributed by atoms with Crippen LogP contribution in [0.5, 0.6) is 0 Å². The van der Waals surface area contributed by atoms with Gasteiger partial charge in [-0.2, -0.15) is 0 Å². The molecule has 1 heterocycles. The first-order valence-corrected chi connectivity index (χ1v) is 7.32. The first-order valence-electron chi connectivity index (χ1n) is 7.32. The van der Waals surface area contributed by atoms with Crippen LogP contribution in [0.1, 0.15) is 40.5 Å². The van der Waals surface area contributed by atoms with E-state index in [1.54, 1.807) is 0 Å². The minimum atomic E-state index is -0.0800. The molecule has 0 aromatic heterocycles. The summed E-state index contributed by atoms with van der Waals surface area (Å²) in [5.74, 6) is 1.50. The van der Waals surface area contributed by atoms with E-state index in [1.807, 2.05) is 0 Å². The van der Waals surface area contributed by atoms with Crippen LogP contribution in [-0.2, 0) is 4.74 Å². The Labute approximate surface area is 112 Å². The smallest absolute Gasteiger partial charge is 0.0790 e. The van der Waals surface area contributed by atoms with Crippen LogP contribution < -0.4 is 5.32 Å². The summed E-state index contributed by atoms with van der Waals surface area (Å²) < 4.78 is 6.28. The zero-order chi connectivity index (χ0) is 13.6. The molecule has 3 nitrogen and oxygen atoms in total. The Balaban J connectivity index is 2.02. The summed E-state index contributed by atoms with van der Waals surface area (Å²) in [6.07, 6.45) is 2.85. The second kappa shape index (κ2) is 4.77. The number of nitrogens with one attached hydrogen (secondary N) is 1. The Morgan fingerprint density at radius 1 is 1.11 bits per heavy atom. The van der Waals surface area contributed by atoms with Crippen molar-refractivity contribution in [2.75, 3.05) is 27.2 Å². The standard InChI is InChI=1S/C15H30N2O/c1-14(2)12(10-17(6)9-11-7-8-11)13(16-5)15(3,4)18-14/h11-13,16H,7-10H2,1-6H3. The SMILES string of the molecule is CNC1C(CN(C)CC2CC2)C(C)(C)OC1(C)C. The van der Waals surface area contributed by atoms with E-state index in [2.05, 4.69) is 52.0 Å². The van der Waals surface area contributed by atoms with Crippen LogP contribution in [0.2, 0.25) is 0 Å². The number of nitrogens with zero attached hydrogens (tertiary/aromatic N) is 1. The van der Waals surface area contributed by atoms with Crippen LogP contribution in [0.3, 0.4) is 0 Å². The summed E-state index contributed by atoms with van der Waals surface area (Å²) in [6.45, 7) is 11.3. The molecule has 0 aromatic rings. The maximum absolute atomic E-state index is 6.28. The largest absolute Gasteiger partial charge is 0.368 e. The van der Waals surface area contributed by atoms with E-state index in [-0.39, 0.29) is 11.2 Å². The highest BCUT2D eigenvalue weighted by atomic mass is 16.5. The molecule has 0 radical (unpaired) electrons. The third-order valence-electron chi connectivity index (χ3n) is 4.66. The van der Waals surface area contributed by atoms with Gasteiger partial charge in [0.05, 0.1) is 11.2 Å². The zero-order valence-electron chi connectivity index (χ0n) is 12.9. The number of hydrogen-bond acceptors (Lipinski definition) is 3. The van der Waals surface area contributed by atoms with Crippen LogP contribution in [0.15, 0.2) is 0 Å². The maximum Gasteiger partial charge on any atom is 0.0790 e. The summed E-state index contributed by atoms with van der Waals surface area (Å²) in [5, 5.41) is 3.48. The van der Waals surface area contributed by atoms with Gasteiger partial charge in [-0.25, -0.2) is 0 Å². The molecule has 1 N–H and O–H groups in total. The van der Waals surface area contributed by atoms with Gasteiger partial charge in [0.1, 0.15) is 0 Å². The van der Waals surface area contributed by atoms with E-state index in [0.717, 1.165) is 12.5 Å². The van der Waals surface area contributed by atoms with E-state index in [0.29, 0.717) is 12.0 Å². The average molecular weight is 254 g/mol. The molecule has 2 fully saturated rings. The van der Waals surface area contributed by atoms with Crippen molar-refractivity contribution in [3.05, 3.63) is 0 Å². The van der Waals surface area contributed by atoms with Gasteiger partial charge in [-0.3, -0.25) is 0 Å². The molecule has 1 saturated carbocycles. The van der Waals surface area contributed by atoms with E-state index < -0.39 is 0 Å². The molecule has 0 spiro atoms. The number of hydrogen-bond donors (Lipinski definition) is 1. The quantitative estimate of drug-likeness (QED) is 0.813. The molecular formula is C15H30N2O. The molecule has 2 unspecified atom stereocenters. The Morgan fingerprint density at radius 3 is 2.22 bits per heavy atom. The number of likely N-dealkylation sites (N-methyl/N-ethyl adjacent to an activating group) is 1. The van der Waals surface area contributed by atoms with Crippen molar-refractivity contribution in [2.45, 2.75) is 57.8 Å². The zero-order valence-corrected chi connectivity index (χ0v) is 12.9. The van der Waals surface area contributed by atoms with Crippen LogP contribution in [-0.4, -0.2) is 49.3 Å². The first kappa shape index (κ1) is 14.3. The lowest BCUT2D eigenvalue weighted by Crippen LogP contribution is -2.49. The fourth-order valence-electron chi connectivity index (χ4n) is 3.73. The fraction of sp³-hybridized carbons (Fsp3) is 1.00. The molecule has 1 aliphatic heterocycles. The number of rotatable bonds is 5. The van der Waals surface area contributed by atoms with Crippen LogP contribution in [0.25, 0.3) is 0 Å². The highest BCUT2D eigenvalue weighted by Gasteiger charge is 2.53. The van der Waals surface area contributed by atoms with Crippen molar-refractivity contribution in [2.24, 2.45) is 11.8 Å². The summed E-state index contributed by atoms with van der Waals surface area (Å²) in [7, 11) is 4.32. The van der Waals surface area contributed by atoms with Crippen molar-refractivity contribution in [1.82, 2.24) is 10.2 Å². The summed E-state index contributed by atoms with van der Waals surface area (Å²) in [4.78, 5) is 2.50. The van der Waals surface area contributed by atoms with E-state index >= 15 is 0 Å². The molecule has 0 amide bonds. The molecule has 1 aliphatic carbocycles. The Kier molecular flexibility index (Phi) is 3.79. The maximum atomic E-state index is 6.28. The molecule has 18 heavy (non-hydrogen) atoms. The van der Waals surface area contributed by atoms with Crippen molar-refractivity contribution in [3.63, 3.8) is 0 Å². The fourth-order valence-corrected chi connectivity index (χ4v) is 3.73. The predicted molar refractivity (Wildman–Crippen MR) is 75.8 cm³/mol. The Morgan fingerprint density at radius 2 is 1.72 bits per heavy atom. The van der Waals surface area contributed by atoms with Gasteiger partial charge in [-0.1, -0.05) is 0 Å². The van der Waals surface area contributed by atoms with Gasteiger partial charge >= 0.3 is 0 Å². The lowest BCUT2D eigenvalue weighted by Gasteiger charge is -2.32. The van der Waals surface area contributed by atoms with Gasteiger partial charge < -0.3 is 15.0 Å². The van der Waals surface area contributed by atoms with Crippen molar-refractivity contribution < 1.29 is 4.74 Å². The van der Waals surface area contributed by atoms with E-state index in [4.69, 9.17) is 4.74 Å². The highest BCUT2D eigenvalue weighted by Crippen LogP contribution is 2.42. The predicted octanol–water partition coefficient (Wildman–Crippen LogP) is 2.12. The number of ether oxygens (including phenoxy) is 1. The second-order valence-corrected chi connectivity index (χ2v) is 7.35. The minimum absolute atomic E-state index is 0.0466. The average Bonchev–Trinajstić information content (AvgIpc) is 2.95. The molecule has 1 saturated heterocycles. The molecule has 2 rings (SSSR count). The van der Waals surface area contributed by atoms with Gasteiger partial charge in [0.2, 0.25) is 0 Å². The molecule has 106 valence electrons. The second-order valence-electron chi connectivity index (χ2n) is 7.35. The minimum Gasteiger partial charge on any atom is -0.368 e. The lowest BCUT2D eigenvalue weighted by atomic mass is 9.82. The molecule has 3 heteroatoms. The van der Waals surface area contributed by atoms with Gasteiger partial charge in [-0.15, -0.1) is 0 Å². The summed E-state index contributed by atoms with van der Waals surface area (Å²) in [5.41, 5.74) is -0.127. The summed E-state index contributed by atoms with van der Waals surface area (Å²) >= 11 is 0. The molecular weight excluding hydrogens is 224 g/mol. The molecule has 2 aliphatic rings. The Hall–Kier alpha value is -0.120. The van der Waals surface area contributed by atoms with Crippen LogP contribution in [0.4, 0.5) is 0 Å². The first-order chi connectivity index (χ1) is 8.26. The normalized spacial score (nSPS) is 34.2. The highest BCUT2D eigenvalue weighted by molar-refractivity contribution is 5.05. The van der Waals surface area contributed by atoms with Gasteiger partial charge in [0.15, 0.2) is 0 Å². The molecule has 0 bridgehead atoms. The van der Waals surface area contributed by atoms with Crippen LogP contribution >= 0.6 is 0 Å². The molecule has 0 aromatic carbocycles. The third kappa shape index (κ3) is 2.89. The van der Waals surface area contributed by atoms with Gasteiger partial charge in [0, 0.05) is 25.0 Å². The monoisotopic (exact) mass is 254 g/mol. The van der Waals surface area contributed by atoms with Crippen molar-refractivity contribution in [1.29, 1.82) is 0 Å². The third-order valence-corrected chi connectivity index (χ3v) is 4.66. The van der Waals surface area contributed by atoms with Gasteiger partial charge in [0.25, 0.3) is 0 Å². The van der Waals surface area contributed by atoms with Crippen molar-refractivity contribution >= 4 is 0 Å². The topological polar surface area (TPSA) is 24.5 Å². The van der Waals surface area contributed by atoms with Crippen LogP contribution in [0, 0.1) is 11.8 Å². The Bertz CT molecular complexity index is 297. The van der Waals surface area contributed by atoms with E-state index in [9.17, 15) is 0 Å². The molecule has 2 atom stereocenters. The van der Waals surface area contributed by atoms with Gasteiger partial charge in [-0.05, 0) is 60.5 Å². The van der Waals surface area contributed by atoms with E-state index in [1.165, 1.54) is 19.4 Å². The lowest BCUT2D eigenvalue weighted by molar-refractivity contribution is -0.0790. The van der Waals surface area contributed by atoms with Crippen molar-refractivity contribution in [3.8, 4) is 0 Å².